The van der Waals surface area contributed by atoms with Crippen LogP contribution in [0.2, 0.25) is 0 Å². The van der Waals surface area contributed by atoms with Crippen LogP contribution in [0.1, 0.15) is 11.1 Å². The van der Waals surface area contributed by atoms with E-state index in [0.717, 1.165) is 0 Å². The minimum Gasteiger partial charge on any atom is -0.152 e. The predicted molar refractivity (Wildman–Crippen MR) is 50.4 cm³/mol. The van der Waals surface area contributed by atoms with Gasteiger partial charge in [-0.3, -0.25) is 0 Å². The van der Waals surface area contributed by atoms with Crippen LogP contribution < -0.4 is 0 Å². The molecule has 0 N–H and O–H groups in total. The van der Waals surface area contributed by atoms with Crippen molar-refractivity contribution in [3.05, 3.63) is 34.0 Å². The van der Waals surface area contributed by atoms with Crippen LogP contribution >= 0.6 is 11.3 Å². The minimum absolute atomic E-state index is 1.39. The summed E-state index contributed by atoms with van der Waals surface area (Å²) in [5.41, 5.74) is 5.61. The van der Waals surface area contributed by atoms with Crippen molar-refractivity contribution in [3.8, 4) is 11.1 Å². The molecule has 0 unspecified atom stereocenters. The first-order valence-electron chi connectivity index (χ1n) is 3.71. The smallest absolute Gasteiger partial charge is 0.00122 e. The molecule has 2 rings (SSSR count). The lowest BCUT2D eigenvalue weighted by Gasteiger charge is -1.98. The molecule has 0 saturated carbocycles. The Morgan fingerprint density at radius 2 is 1.82 bits per heavy atom. The molecule has 0 radical (unpaired) electrons. The lowest BCUT2D eigenvalue weighted by Crippen LogP contribution is -1.73. The quantitative estimate of drug-likeness (QED) is 0.556. The highest BCUT2D eigenvalue weighted by atomic mass is 32.1. The van der Waals surface area contributed by atoms with Crippen LogP contribution in [0.25, 0.3) is 11.1 Å². The molecule has 2 aliphatic rings. The highest BCUT2D eigenvalue weighted by Crippen LogP contribution is 2.32. The van der Waals surface area contributed by atoms with Gasteiger partial charge in [-0.2, -0.15) is 11.3 Å². The Balaban J connectivity index is 2.81. The van der Waals surface area contributed by atoms with E-state index in [2.05, 4.69) is 36.7 Å². The molecule has 1 aliphatic heterocycles. The van der Waals surface area contributed by atoms with Gasteiger partial charge in [0.15, 0.2) is 0 Å². The normalized spacial score (nSPS) is 10.7. The number of rotatable bonds is 0. The Morgan fingerprint density at radius 1 is 1.09 bits per heavy atom. The summed E-state index contributed by atoms with van der Waals surface area (Å²) < 4.78 is 0. The van der Waals surface area contributed by atoms with E-state index in [-0.39, 0.29) is 0 Å². The maximum Gasteiger partial charge on any atom is -0.00122 e. The monoisotopic (exact) mass is 162 g/mol. The van der Waals surface area contributed by atoms with Crippen molar-refractivity contribution < 1.29 is 0 Å². The highest BCUT2D eigenvalue weighted by Gasteiger charge is 2.08. The number of aryl methyl sites for hydroxylation is 2. The third kappa shape index (κ3) is 0.962. The molecule has 1 heterocycles. The molecule has 0 amide bonds. The van der Waals surface area contributed by atoms with Gasteiger partial charge in [0.1, 0.15) is 0 Å². The van der Waals surface area contributed by atoms with E-state index in [9.17, 15) is 0 Å². The van der Waals surface area contributed by atoms with Crippen molar-refractivity contribution in [1.82, 2.24) is 0 Å². The van der Waals surface area contributed by atoms with Crippen molar-refractivity contribution in [3.63, 3.8) is 0 Å². The Labute approximate surface area is 70.8 Å². The Bertz CT molecular complexity index is 313. The van der Waals surface area contributed by atoms with E-state index in [4.69, 9.17) is 0 Å². The summed E-state index contributed by atoms with van der Waals surface area (Å²) in [6.45, 7) is 4.34. The van der Waals surface area contributed by atoms with Gasteiger partial charge < -0.3 is 0 Å². The van der Waals surface area contributed by atoms with E-state index in [1.807, 2.05) is 0 Å². The van der Waals surface area contributed by atoms with Crippen LogP contribution in [-0.4, -0.2) is 0 Å². The Morgan fingerprint density at radius 3 is 2.55 bits per heavy atom. The van der Waals surface area contributed by atoms with Gasteiger partial charge in [-0.25, -0.2) is 0 Å². The average Bonchev–Trinajstić information content (AvgIpc) is 2.30. The summed E-state index contributed by atoms with van der Waals surface area (Å²) >= 11 is 1.76. The highest BCUT2D eigenvalue weighted by molar-refractivity contribution is 7.07. The summed E-state index contributed by atoms with van der Waals surface area (Å²) in [4.78, 5) is 0. The largest absolute Gasteiger partial charge is 0.152 e. The Kier molecular flexibility index (Phi) is 1.46. The summed E-state index contributed by atoms with van der Waals surface area (Å²) in [5.74, 6) is 0. The summed E-state index contributed by atoms with van der Waals surface area (Å²) in [6.07, 6.45) is 0. The molecule has 0 spiro atoms. The SMILES string of the molecule is Cc1cc(C)c2csccc1-2. The van der Waals surface area contributed by atoms with Crippen molar-refractivity contribution in [1.29, 1.82) is 0 Å². The fourth-order valence-corrected chi connectivity index (χ4v) is 2.24. The first-order valence-corrected chi connectivity index (χ1v) is 4.65. The van der Waals surface area contributed by atoms with Gasteiger partial charge in [0.25, 0.3) is 0 Å². The lowest BCUT2D eigenvalue weighted by atomic mass is 10.1. The van der Waals surface area contributed by atoms with Gasteiger partial charge in [0.05, 0.1) is 0 Å². The second-order valence-electron chi connectivity index (χ2n) is 2.89. The van der Waals surface area contributed by atoms with Crippen molar-refractivity contribution >= 4 is 11.3 Å². The van der Waals surface area contributed by atoms with Gasteiger partial charge in [0.2, 0.25) is 0 Å². The Hall–Kier alpha value is -0.820. The second-order valence-corrected chi connectivity index (χ2v) is 3.67. The molecule has 0 aromatic rings. The van der Waals surface area contributed by atoms with E-state index >= 15 is 0 Å². The third-order valence-electron chi connectivity index (χ3n) is 2.07. The molecule has 0 bridgehead atoms. The molecule has 56 valence electrons. The summed E-state index contributed by atoms with van der Waals surface area (Å²) in [6, 6.07) is 4.44. The van der Waals surface area contributed by atoms with Gasteiger partial charge in [0, 0.05) is 0 Å². The number of fused-ring (bicyclic) bond motifs is 1. The zero-order valence-corrected chi connectivity index (χ0v) is 7.53. The molecule has 0 aromatic carbocycles. The van der Waals surface area contributed by atoms with Crippen LogP contribution in [-0.2, 0) is 0 Å². The zero-order valence-electron chi connectivity index (χ0n) is 6.72. The minimum atomic E-state index is 1.39. The maximum atomic E-state index is 2.25. The maximum absolute atomic E-state index is 2.25. The second kappa shape index (κ2) is 2.35. The van der Waals surface area contributed by atoms with Crippen LogP contribution in [0.15, 0.2) is 22.9 Å². The third-order valence-corrected chi connectivity index (χ3v) is 2.74. The van der Waals surface area contributed by atoms with Crippen LogP contribution in [0, 0.1) is 13.8 Å². The fraction of sp³-hybridized carbons (Fsp3) is 0.200. The van der Waals surface area contributed by atoms with E-state index in [0.29, 0.717) is 0 Å². The first kappa shape index (κ1) is 6.86. The molecule has 0 aromatic heterocycles. The standard InChI is InChI=1S/C10H10S/c1-7-5-8(2)10-6-11-4-3-9(7)10/h3-6H,1-2H3. The van der Waals surface area contributed by atoms with Crippen molar-refractivity contribution in [2.45, 2.75) is 13.8 Å². The number of hydrogen-bond donors (Lipinski definition) is 0. The molecule has 0 saturated heterocycles. The van der Waals surface area contributed by atoms with Gasteiger partial charge in [-0.15, -0.1) is 0 Å². The van der Waals surface area contributed by atoms with Crippen molar-refractivity contribution in [2.24, 2.45) is 0 Å². The van der Waals surface area contributed by atoms with Crippen molar-refractivity contribution in [2.75, 3.05) is 0 Å². The van der Waals surface area contributed by atoms with Crippen LogP contribution in [0.4, 0.5) is 0 Å². The lowest BCUT2D eigenvalue weighted by molar-refractivity contribution is 1.51. The molecule has 1 heteroatoms. The topological polar surface area (TPSA) is 0 Å². The molecule has 1 aliphatic carbocycles. The number of hydrogen-bond acceptors (Lipinski definition) is 1. The summed E-state index contributed by atoms with van der Waals surface area (Å²) in [7, 11) is 0. The average molecular weight is 162 g/mol. The van der Waals surface area contributed by atoms with E-state index < -0.39 is 0 Å². The van der Waals surface area contributed by atoms with Gasteiger partial charge in [-0.05, 0) is 52.9 Å². The predicted octanol–water partition coefficient (Wildman–Crippen LogP) is 3.47. The summed E-state index contributed by atoms with van der Waals surface area (Å²) in [5, 5.41) is 4.35. The van der Waals surface area contributed by atoms with Crippen LogP contribution in [0.3, 0.4) is 0 Å². The molecule has 0 fully saturated rings. The molecule has 0 atom stereocenters. The van der Waals surface area contributed by atoms with Gasteiger partial charge in [-0.1, -0.05) is 6.07 Å². The van der Waals surface area contributed by atoms with E-state index in [1.165, 1.54) is 22.3 Å². The van der Waals surface area contributed by atoms with E-state index in [1.54, 1.807) is 11.3 Å². The first-order chi connectivity index (χ1) is 5.29. The van der Waals surface area contributed by atoms with Gasteiger partial charge >= 0.3 is 0 Å². The molecule has 0 nitrogen and oxygen atoms in total. The zero-order chi connectivity index (χ0) is 7.84. The molecular formula is C10H10S. The molecular weight excluding hydrogens is 152 g/mol. The molecule has 11 heavy (non-hydrogen) atoms. The van der Waals surface area contributed by atoms with Crippen LogP contribution in [0.5, 0.6) is 0 Å². The fourth-order valence-electron chi connectivity index (χ4n) is 1.50.